The first-order valence-electron chi connectivity index (χ1n) is 12.0. The monoisotopic (exact) mass is 473 g/mol. The van der Waals surface area contributed by atoms with Crippen molar-refractivity contribution in [2.24, 2.45) is 0 Å². The number of quaternary nitrogens is 1. The zero-order valence-electron chi connectivity index (χ0n) is 20.8. The summed E-state index contributed by atoms with van der Waals surface area (Å²) >= 11 is 0. The van der Waals surface area contributed by atoms with Gasteiger partial charge < -0.3 is 9.38 Å². The summed E-state index contributed by atoms with van der Waals surface area (Å²) in [7, 11) is 11.0. The molecule has 1 aromatic heterocycles. The molecule has 0 spiro atoms. The van der Waals surface area contributed by atoms with Crippen LogP contribution in [0.25, 0.3) is 12.2 Å². The molecule has 0 bridgehead atoms. The lowest BCUT2D eigenvalue weighted by Crippen LogP contribution is -2.42. The van der Waals surface area contributed by atoms with E-state index in [1.807, 2.05) is 21.6 Å². The molecule has 32 heavy (non-hydrogen) atoms. The summed E-state index contributed by atoms with van der Waals surface area (Å²) in [4.78, 5) is 2.38. The normalized spacial score (nSPS) is 11.9. The predicted molar refractivity (Wildman–Crippen MR) is 147 cm³/mol. The molecule has 2 rings (SSSR count). The van der Waals surface area contributed by atoms with Crippen molar-refractivity contribution in [2.75, 3.05) is 57.2 Å². The maximum atomic E-state index is 2.38. The molecular weight excluding hydrogens is 430 g/mol. The highest BCUT2D eigenvalue weighted by molar-refractivity contribution is 8.76. The highest BCUT2D eigenvalue weighted by Gasteiger charge is 2.14. The van der Waals surface area contributed by atoms with Crippen LogP contribution in [0, 0.1) is 0 Å². The largest absolute Gasteiger partial charge is 0.374 e. The lowest BCUT2D eigenvalue weighted by molar-refractivity contribution is -0.890. The Morgan fingerprint density at radius 2 is 1.62 bits per heavy atom. The maximum absolute atomic E-state index is 2.38. The minimum atomic E-state index is 0.983. The van der Waals surface area contributed by atoms with E-state index in [-0.39, 0.29) is 0 Å². The van der Waals surface area contributed by atoms with E-state index in [4.69, 9.17) is 0 Å². The van der Waals surface area contributed by atoms with E-state index in [0.717, 1.165) is 17.6 Å². The Morgan fingerprint density at radius 1 is 0.906 bits per heavy atom. The third kappa shape index (κ3) is 10.0. The molecule has 176 valence electrons. The summed E-state index contributed by atoms with van der Waals surface area (Å²) in [6.07, 6.45) is 10.3. The van der Waals surface area contributed by atoms with Gasteiger partial charge in [-0.3, -0.25) is 0 Å². The molecule has 0 aliphatic heterocycles. The highest BCUT2D eigenvalue weighted by atomic mass is 33.1. The van der Waals surface area contributed by atoms with E-state index in [0.29, 0.717) is 0 Å². The number of rotatable bonds is 15. The van der Waals surface area contributed by atoms with E-state index in [1.54, 1.807) is 0 Å². The summed E-state index contributed by atoms with van der Waals surface area (Å²) in [5.41, 5.74) is 3.76. The van der Waals surface area contributed by atoms with Crippen LogP contribution in [0.5, 0.6) is 0 Å². The summed E-state index contributed by atoms with van der Waals surface area (Å²) in [5, 5.41) is 0. The second-order valence-electron chi connectivity index (χ2n) is 8.99. The molecule has 0 aliphatic carbocycles. The second-order valence-corrected chi connectivity index (χ2v) is 11.7. The topological polar surface area (TPSA) is 7.12 Å². The van der Waals surface area contributed by atoms with Crippen molar-refractivity contribution in [2.45, 2.75) is 39.7 Å². The maximum Gasteiger partial charge on any atom is 0.205 e. The molecule has 1 heterocycles. The number of anilines is 1. The van der Waals surface area contributed by atoms with Gasteiger partial charge in [0.15, 0.2) is 6.20 Å². The van der Waals surface area contributed by atoms with Crippen LogP contribution in [0.3, 0.4) is 0 Å². The Kier molecular flexibility index (Phi) is 12.3. The van der Waals surface area contributed by atoms with Crippen LogP contribution in [0.2, 0.25) is 0 Å². The lowest BCUT2D eigenvalue weighted by Gasteiger charge is -2.31. The molecule has 0 saturated carbocycles. The molecule has 5 heteroatoms. The Bertz CT molecular complexity index is 803. The fourth-order valence-corrected chi connectivity index (χ4v) is 5.89. The predicted octanol–water partition coefficient (Wildman–Crippen LogP) is 6.25. The minimum absolute atomic E-state index is 0.983. The average Bonchev–Trinajstić information content (AvgIpc) is 2.80. The Labute approximate surface area is 204 Å². The highest BCUT2D eigenvalue weighted by Crippen LogP contribution is 2.23. The standard InChI is InChI=1S/C27H43N3S2/c1-6-23-31-32-24-11-22-30(4,5)21-10-19-28(3)26-16-13-25(14-17-26)15-18-27-12-8-9-20-29(27)7-2/h8-9,12-18,20H,6-7,10-11,19,21-24H2,1-5H3/q+2. The first-order chi connectivity index (χ1) is 15.4. The van der Waals surface area contributed by atoms with Crippen molar-refractivity contribution in [1.82, 2.24) is 0 Å². The molecular formula is C27H43N3S2+2. The number of hydrogen-bond donors (Lipinski definition) is 0. The molecule has 1 aromatic carbocycles. The summed E-state index contributed by atoms with van der Waals surface area (Å²) in [6.45, 7) is 9.00. The van der Waals surface area contributed by atoms with Crippen LogP contribution in [-0.4, -0.2) is 56.8 Å². The van der Waals surface area contributed by atoms with E-state index >= 15 is 0 Å². The molecule has 0 aliphatic rings. The molecule has 0 unspecified atom stereocenters. The molecule has 2 aromatic rings. The van der Waals surface area contributed by atoms with Gasteiger partial charge in [0.2, 0.25) is 5.69 Å². The van der Waals surface area contributed by atoms with E-state index in [9.17, 15) is 0 Å². The van der Waals surface area contributed by atoms with Crippen molar-refractivity contribution < 1.29 is 9.05 Å². The van der Waals surface area contributed by atoms with Crippen molar-refractivity contribution in [1.29, 1.82) is 0 Å². The van der Waals surface area contributed by atoms with Gasteiger partial charge in [-0.15, -0.1) is 0 Å². The Hall–Kier alpha value is -1.43. The molecule has 0 amide bonds. The van der Waals surface area contributed by atoms with Gasteiger partial charge in [-0.25, -0.2) is 0 Å². The molecule has 3 nitrogen and oxygen atoms in total. The number of pyridine rings is 1. The van der Waals surface area contributed by atoms with Crippen LogP contribution >= 0.6 is 21.6 Å². The van der Waals surface area contributed by atoms with E-state index < -0.39 is 0 Å². The lowest BCUT2D eigenvalue weighted by atomic mass is 10.1. The van der Waals surface area contributed by atoms with Gasteiger partial charge in [0.1, 0.15) is 6.54 Å². The minimum Gasteiger partial charge on any atom is -0.374 e. The fourth-order valence-electron chi connectivity index (χ4n) is 3.68. The third-order valence-electron chi connectivity index (χ3n) is 5.72. The number of benzene rings is 1. The van der Waals surface area contributed by atoms with Crippen LogP contribution in [-0.2, 0) is 6.54 Å². The first-order valence-corrected chi connectivity index (χ1v) is 14.5. The number of hydrogen-bond acceptors (Lipinski definition) is 3. The zero-order chi connectivity index (χ0) is 23.2. The Balaban J connectivity index is 1.75. The van der Waals surface area contributed by atoms with E-state index in [2.05, 4.69) is 105 Å². The third-order valence-corrected chi connectivity index (χ3v) is 8.41. The molecule has 0 fully saturated rings. The zero-order valence-corrected chi connectivity index (χ0v) is 22.4. The SMILES string of the molecule is CCCSSCCC[N+](C)(C)CCCN(C)c1ccc(/C=C/c2cccc[n+]2CC)cc1. The number of aryl methyl sites for hydroxylation is 1. The second kappa shape index (κ2) is 14.7. The van der Waals surface area contributed by atoms with E-state index in [1.165, 1.54) is 60.8 Å². The molecule has 0 atom stereocenters. The van der Waals surface area contributed by atoms with Gasteiger partial charge in [0, 0.05) is 61.8 Å². The fraction of sp³-hybridized carbons (Fsp3) is 0.519. The van der Waals surface area contributed by atoms with Crippen LogP contribution in [0.15, 0.2) is 48.7 Å². The molecule has 0 N–H and O–H groups in total. The average molecular weight is 474 g/mol. The van der Waals surface area contributed by atoms with Crippen LogP contribution in [0.4, 0.5) is 5.69 Å². The van der Waals surface area contributed by atoms with Crippen molar-refractivity contribution in [3.05, 3.63) is 59.9 Å². The van der Waals surface area contributed by atoms with Gasteiger partial charge in [0.05, 0.1) is 27.2 Å². The van der Waals surface area contributed by atoms with Crippen LogP contribution < -0.4 is 9.47 Å². The van der Waals surface area contributed by atoms with Gasteiger partial charge in [-0.1, -0.05) is 40.6 Å². The number of aromatic nitrogens is 1. The quantitative estimate of drug-likeness (QED) is 0.131. The van der Waals surface area contributed by atoms with Gasteiger partial charge in [-0.05, 0) is 43.2 Å². The Morgan fingerprint density at radius 3 is 2.34 bits per heavy atom. The van der Waals surface area contributed by atoms with Gasteiger partial charge in [0.25, 0.3) is 0 Å². The summed E-state index contributed by atoms with van der Waals surface area (Å²) < 4.78 is 3.37. The van der Waals surface area contributed by atoms with Crippen molar-refractivity contribution in [3.8, 4) is 0 Å². The van der Waals surface area contributed by atoms with Crippen molar-refractivity contribution >= 4 is 39.4 Å². The summed E-state index contributed by atoms with van der Waals surface area (Å²) in [6, 6.07) is 15.2. The number of nitrogens with zero attached hydrogens (tertiary/aromatic N) is 3. The summed E-state index contributed by atoms with van der Waals surface area (Å²) in [5.74, 6) is 2.55. The smallest absolute Gasteiger partial charge is 0.205 e. The van der Waals surface area contributed by atoms with Crippen LogP contribution in [0.1, 0.15) is 44.4 Å². The molecule has 0 saturated heterocycles. The van der Waals surface area contributed by atoms with Crippen molar-refractivity contribution in [3.63, 3.8) is 0 Å². The van der Waals surface area contributed by atoms with Gasteiger partial charge in [-0.2, -0.15) is 4.57 Å². The molecule has 0 radical (unpaired) electrons. The van der Waals surface area contributed by atoms with Gasteiger partial charge >= 0.3 is 0 Å². The first kappa shape index (κ1) is 26.8.